The molecule has 0 aromatic heterocycles. The van der Waals surface area contributed by atoms with Crippen molar-refractivity contribution in [3.63, 3.8) is 0 Å². The molecule has 1 aromatic rings. The highest BCUT2D eigenvalue weighted by molar-refractivity contribution is 7.86. The molecule has 0 aliphatic carbocycles. The van der Waals surface area contributed by atoms with Gasteiger partial charge in [-0.2, -0.15) is 8.42 Å². The van der Waals surface area contributed by atoms with Crippen LogP contribution in [0.15, 0.2) is 29.2 Å². The Morgan fingerprint density at radius 2 is 1.60 bits per heavy atom. The lowest BCUT2D eigenvalue weighted by Gasteiger charge is -2.17. The molecule has 0 heterocycles. The summed E-state index contributed by atoms with van der Waals surface area (Å²) in [7, 11) is -3.67. The first-order valence-corrected chi connectivity index (χ1v) is 8.15. The number of hydrogen-bond donors (Lipinski definition) is 0. The van der Waals surface area contributed by atoms with Gasteiger partial charge in [0.1, 0.15) is 0 Å². The molecule has 5 heteroatoms. The van der Waals surface area contributed by atoms with Crippen molar-refractivity contribution < 1.29 is 17.3 Å². The van der Waals surface area contributed by atoms with Crippen LogP contribution in [0.3, 0.4) is 0 Å². The highest BCUT2D eigenvalue weighted by Crippen LogP contribution is 2.18. The minimum Gasteiger partial charge on any atom is -0.379 e. The molecule has 0 unspecified atom stereocenters. The van der Waals surface area contributed by atoms with E-state index in [0.717, 1.165) is 12.0 Å². The van der Waals surface area contributed by atoms with Gasteiger partial charge in [0.15, 0.2) is 0 Å². The fourth-order valence-corrected chi connectivity index (χ4v) is 2.35. The summed E-state index contributed by atoms with van der Waals surface area (Å²) in [6.07, 6.45) is 0.928. The minimum absolute atomic E-state index is 0.0420. The summed E-state index contributed by atoms with van der Waals surface area (Å²) >= 11 is 0. The van der Waals surface area contributed by atoms with E-state index in [0.29, 0.717) is 6.61 Å². The molecule has 0 aliphatic rings. The van der Waals surface area contributed by atoms with Gasteiger partial charge in [-0.3, -0.25) is 4.18 Å². The molecule has 0 aliphatic heterocycles. The van der Waals surface area contributed by atoms with Crippen molar-refractivity contribution in [2.24, 2.45) is 5.41 Å². The van der Waals surface area contributed by atoms with Crippen molar-refractivity contribution in [3.8, 4) is 0 Å². The average Bonchev–Trinajstić information content (AvgIpc) is 2.33. The predicted octanol–water partition coefficient (Wildman–Crippen LogP) is 3.15. The van der Waals surface area contributed by atoms with Crippen molar-refractivity contribution in [3.05, 3.63) is 29.8 Å². The zero-order valence-electron chi connectivity index (χ0n) is 12.7. The van der Waals surface area contributed by atoms with Crippen LogP contribution in [-0.4, -0.2) is 28.2 Å². The second-order valence-corrected chi connectivity index (χ2v) is 7.63. The molecule has 0 saturated carbocycles. The van der Waals surface area contributed by atoms with E-state index in [9.17, 15) is 8.42 Å². The predicted molar refractivity (Wildman–Crippen MR) is 79.2 cm³/mol. The maximum Gasteiger partial charge on any atom is 0.297 e. The molecule has 0 atom stereocenters. The van der Waals surface area contributed by atoms with E-state index in [-0.39, 0.29) is 23.5 Å². The van der Waals surface area contributed by atoms with E-state index in [1.807, 2.05) is 6.92 Å². The second kappa shape index (κ2) is 7.20. The van der Waals surface area contributed by atoms with Crippen LogP contribution in [0.25, 0.3) is 0 Å². The molecule has 4 nitrogen and oxygen atoms in total. The topological polar surface area (TPSA) is 52.6 Å². The molecule has 1 rings (SSSR count). The first kappa shape index (κ1) is 17.1. The van der Waals surface area contributed by atoms with Crippen LogP contribution in [0.1, 0.15) is 32.8 Å². The molecule has 0 radical (unpaired) electrons. The summed E-state index contributed by atoms with van der Waals surface area (Å²) in [5.41, 5.74) is 1.23. The Hall–Kier alpha value is -0.910. The van der Waals surface area contributed by atoms with Crippen LogP contribution in [-0.2, 0) is 19.0 Å². The van der Waals surface area contributed by atoms with E-state index in [1.165, 1.54) is 0 Å². The van der Waals surface area contributed by atoms with Gasteiger partial charge in [0.2, 0.25) is 0 Å². The van der Waals surface area contributed by atoms with Gasteiger partial charge < -0.3 is 4.74 Å². The van der Waals surface area contributed by atoms with Gasteiger partial charge in [-0.1, -0.05) is 38.5 Å². The molecule has 0 N–H and O–H groups in total. The normalized spacial score (nSPS) is 12.6. The zero-order chi connectivity index (χ0) is 15.2. The summed E-state index contributed by atoms with van der Waals surface area (Å²) in [5.74, 6) is 0. The van der Waals surface area contributed by atoms with Crippen molar-refractivity contribution in [2.45, 2.75) is 39.0 Å². The lowest BCUT2D eigenvalue weighted by molar-refractivity contribution is 0.0834. The van der Waals surface area contributed by atoms with Gasteiger partial charge in [-0.05, 0) is 30.9 Å². The number of ether oxygens (including phenoxy) is 1. The lowest BCUT2D eigenvalue weighted by Crippen LogP contribution is -2.14. The largest absolute Gasteiger partial charge is 0.379 e. The monoisotopic (exact) mass is 300 g/mol. The van der Waals surface area contributed by atoms with Crippen molar-refractivity contribution in [2.75, 3.05) is 19.8 Å². The molecular weight excluding hydrogens is 276 g/mol. The number of hydrogen-bond acceptors (Lipinski definition) is 4. The van der Waals surface area contributed by atoms with Gasteiger partial charge >= 0.3 is 0 Å². The van der Waals surface area contributed by atoms with Gasteiger partial charge in [-0.25, -0.2) is 0 Å². The van der Waals surface area contributed by atoms with Gasteiger partial charge in [0.05, 0.1) is 18.1 Å². The smallest absolute Gasteiger partial charge is 0.297 e. The summed E-state index contributed by atoms with van der Waals surface area (Å²) in [6, 6.07) is 6.59. The molecule has 114 valence electrons. The van der Waals surface area contributed by atoms with E-state index in [2.05, 4.69) is 20.8 Å². The van der Waals surface area contributed by atoms with E-state index in [4.69, 9.17) is 8.92 Å². The molecule has 20 heavy (non-hydrogen) atoms. The molecule has 0 fully saturated rings. The van der Waals surface area contributed by atoms with Crippen LogP contribution in [0.4, 0.5) is 0 Å². The van der Waals surface area contributed by atoms with Crippen molar-refractivity contribution in [1.29, 1.82) is 0 Å². The Labute approximate surface area is 122 Å². The first-order valence-electron chi connectivity index (χ1n) is 6.75. The summed E-state index contributed by atoms with van der Waals surface area (Å²) in [4.78, 5) is 0.179. The third kappa shape index (κ3) is 6.50. The highest BCUT2D eigenvalue weighted by Gasteiger charge is 2.14. The van der Waals surface area contributed by atoms with Crippen LogP contribution in [0.5, 0.6) is 0 Å². The molecular formula is C15H24O4S. The highest BCUT2D eigenvalue weighted by atomic mass is 32.2. The minimum atomic E-state index is -3.67. The van der Waals surface area contributed by atoms with Crippen molar-refractivity contribution >= 4 is 10.1 Å². The second-order valence-electron chi connectivity index (χ2n) is 6.01. The SMILES string of the molecule is Cc1ccc(S(=O)(=O)OCCOCCC(C)(C)C)cc1. The molecule has 0 saturated heterocycles. The molecule has 0 bridgehead atoms. The maximum atomic E-state index is 11.9. The molecule has 1 aromatic carbocycles. The summed E-state index contributed by atoms with van der Waals surface area (Å²) in [5, 5.41) is 0. The van der Waals surface area contributed by atoms with Crippen LogP contribution in [0, 0.1) is 12.3 Å². The lowest BCUT2D eigenvalue weighted by atomic mass is 9.93. The fraction of sp³-hybridized carbons (Fsp3) is 0.600. The quantitative estimate of drug-likeness (QED) is 0.573. The summed E-state index contributed by atoms with van der Waals surface area (Å²) < 4.78 is 34.0. The first-order chi connectivity index (χ1) is 9.21. The fourth-order valence-electron chi connectivity index (χ4n) is 1.46. The van der Waals surface area contributed by atoms with Crippen LogP contribution in [0.2, 0.25) is 0 Å². The molecule has 0 amide bonds. The Morgan fingerprint density at radius 3 is 2.15 bits per heavy atom. The van der Waals surface area contributed by atoms with Gasteiger partial charge in [0, 0.05) is 6.61 Å². The number of aryl methyl sites for hydroxylation is 1. The third-order valence-electron chi connectivity index (χ3n) is 2.77. The van der Waals surface area contributed by atoms with E-state index in [1.54, 1.807) is 24.3 Å². The van der Waals surface area contributed by atoms with E-state index < -0.39 is 10.1 Å². The van der Waals surface area contributed by atoms with Gasteiger partial charge in [0.25, 0.3) is 10.1 Å². The maximum absolute atomic E-state index is 11.9. The Morgan fingerprint density at radius 1 is 1.00 bits per heavy atom. The Kier molecular flexibility index (Phi) is 6.17. The van der Waals surface area contributed by atoms with Crippen molar-refractivity contribution in [1.82, 2.24) is 0 Å². The molecule has 0 spiro atoms. The summed E-state index contributed by atoms with van der Waals surface area (Å²) in [6.45, 7) is 9.23. The zero-order valence-corrected chi connectivity index (χ0v) is 13.5. The number of benzene rings is 1. The third-order valence-corrected chi connectivity index (χ3v) is 4.10. The van der Waals surface area contributed by atoms with Gasteiger partial charge in [-0.15, -0.1) is 0 Å². The standard InChI is InChI=1S/C15H24O4S/c1-13-5-7-14(8-6-13)20(16,17)19-12-11-18-10-9-15(2,3)4/h5-8H,9-12H2,1-4H3. The van der Waals surface area contributed by atoms with Crippen LogP contribution < -0.4 is 0 Å². The Balaban J connectivity index is 2.32. The van der Waals surface area contributed by atoms with Crippen LogP contribution >= 0.6 is 0 Å². The number of rotatable bonds is 7. The Bertz CT molecular complexity index is 498. The average molecular weight is 300 g/mol. The van der Waals surface area contributed by atoms with E-state index >= 15 is 0 Å².